The van der Waals surface area contributed by atoms with Crippen LogP contribution in [-0.4, -0.2) is 21.9 Å². The monoisotopic (exact) mass is 426 g/mol. The van der Waals surface area contributed by atoms with Crippen LogP contribution in [0.3, 0.4) is 0 Å². The standard InChI is InChI=1S/C22H20BrFN2O/c1-2-11-26(22(27)18-7-4-8-19(23)14-18)16-21-10-5-12-25(21)15-17-6-3-9-20(24)13-17/h2-10,12-14H,1,11,15-16H2. The first-order chi connectivity index (χ1) is 13.1. The molecule has 5 heteroatoms. The lowest BCUT2D eigenvalue weighted by molar-refractivity contribution is 0.0759. The van der Waals surface area contributed by atoms with E-state index in [1.807, 2.05) is 47.2 Å². The van der Waals surface area contributed by atoms with Gasteiger partial charge in [-0.05, 0) is 48.0 Å². The highest BCUT2D eigenvalue weighted by Gasteiger charge is 2.17. The van der Waals surface area contributed by atoms with Crippen LogP contribution in [0.4, 0.5) is 4.39 Å². The van der Waals surface area contributed by atoms with Crippen molar-refractivity contribution < 1.29 is 9.18 Å². The molecule has 1 amide bonds. The van der Waals surface area contributed by atoms with Crippen LogP contribution in [0.5, 0.6) is 0 Å². The molecule has 1 aromatic heterocycles. The molecular weight excluding hydrogens is 407 g/mol. The Morgan fingerprint density at radius 1 is 1.15 bits per heavy atom. The zero-order chi connectivity index (χ0) is 19.2. The minimum Gasteiger partial charge on any atom is -0.345 e. The molecule has 0 N–H and O–H groups in total. The summed E-state index contributed by atoms with van der Waals surface area (Å²) in [4.78, 5) is 14.7. The molecule has 1 heterocycles. The largest absolute Gasteiger partial charge is 0.345 e. The number of hydrogen-bond acceptors (Lipinski definition) is 1. The van der Waals surface area contributed by atoms with Crippen molar-refractivity contribution in [2.45, 2.75) is 13.1 Å². The summed E-state index contributed by atoms with van der Waals surface area (Å²) in [6.07, 6.45) is 3.66. The van der Waals surface area contributed by atoms with E-state index in [1.165, 1.54) is 12.1 Å². The van der Waals surface area contributed by atoms with E-state index in [-0.39, 0.29) is 11.7 Å². The fraction of sp³-hybridized carbons (Fsp3) is 0.136. The molecule has 0 aliphatic carbocycles. The number of nitrogens with zero attached hydrogens (tertiary/aromatic N) is 2. The summed E-state index contributed by atoms with van der Waals surface area (Å²) in [6.45, 7) is 5.21. The summed E-state index contributed by atoms with van der Waals surface area (Å²) >= 11 is 3.41. The predicted molar refractivity (Wildman–Crippen MR) is 109 cm³/mol. The van der Waals surface area contributed by atoms with Crippen LogP contribution in [0, 0.1) is 5.82 Å². The van der Waals surface area contributed by atoms with Crippen LogP contribution in [-0.2, 0) is 13.1 Å². The van der Waals surface area contributed by atoms with E-state index in [9.17, 15) is 9.18 Å². The number of benzene rings is 2. The quantitative estimate of drug-likeness (QED) is 0.472. The Labute approximate surface area is 166 Å². The SMILES string of the molecule is C=CCN(Cc1cccn1Cc1cccc(F)c1)C(=O)c1cccc(Br)c1. The second-order valence-corrected chi connectivity index (χ2v) is 7.16. The molecule has 0 radical (unpaired) electrons. The maximum Gasteiger partial charge on any atom is 0.254 e. The van der Waals surface area contributed by atoms with Gasteiger partial charge in [-0.15, -0.1) is 6.58 Å². The van der Waals surface area contributed by atoms with Crippen LogP contribution in [0.15, 0.2) is 84.0 Å². The molecule has 0 unspecified atom stereocenters. The van der Waals surface area contributed by atoms with Gasteiger partial charge in [-0.2, -0.15) is 0 Å². The van der Waals surface area contributed by atoms with Crippen molar-refractivity contribution in [2.24, 2.45) is 0 Å². The van der Waals surface area contributed by atoms with E-state index in [4.69, 9.17) is 0 Å². The zero-order valence-electron chi connectivity index (χ0n) is 14.8. The third kappa shape index (κ3) is 4.95. The smallest absolute Gasteiger partial charge is 0.254 e. The molecule has 3 aromatic rings. The lowest BCUT2D eigenvalue weighted by atomic mass is 10.2. The summed E-state index contributed by atoms with van der Waals surface area (Å²) in [5.41, 5.74) is 2.47. The first-order valence-corrected chi connectivity index (χ1v) is 9.40. The van der Waals surface area contributed by atoms with Gasteiger partial charge >= 0.3 is 0 Å². The van der Waals surface area contributed by atoms with Crippen LogP contribution in [0.1, 0.15) is 21.6 Å². The van der Waals surface area contributed by atoms with Gasteiger partial charge in [0.1, 0.15) is 5.82 Å². The Morgan fingerprint density at radius 3 is 2.70 bits per heavy atom. The molecule has 0 bridgehead atoms. The number of carbonyl (C=O) groups excluding carboxylic acids is 1. The Bertz CT molecular complexity index is 951. The van der Waals surface area contributed by atoms with Crippen molar-refractivity contribution in [1.29, 1.82) is 0 Å². The minimum atomic E-state index is -0.251. The lowest BCUT2D eigenvalue weighted by Crippen LogP contribution is -2.31. The van der Waals surface area contributed by atoms with Gasteiger partial charge in [0.05, 0.1) is 6.54 Å². The first kappa shape index (κ1) is 19.1. The second kappa shape index (κ2) is 8.82. The van der Waals surface area contributed by atoms with Crippen molar-refractivity contribution in [3.63, 3.8) is 0 Å². The van der Waals surface area contributed by atoms with Gasteiger partial charge in [0.15, 0.2) is 0 Å². The normalized spacial score (nSPS) is 10.6. The van der Waals surface area contributed by atoms with E-state index in [0.717, 1.165) is 15.7 Å². The topological polar surface area (TPSA) is 25.2 Å². The Kier molecular flexibility index (Phi) is 6.24. The molecule has 0 fully saturated rings. The van der Waals surface area contributed by atoms with E-state index in [2.05, 4.69) is 22.5 Å². The molecule has 27 heavy (non-hydrogen) atoms. The van der Waals surface area contributed by atoms with Gasteiger partial charge in [-0.3, -0.25) is 4.79 Å². The third-order valence-electron chi connectivity index (χ3n) is 4.23. The highest BCUT2D eigenvalue weighted by atomic mass is 79.9. The summed E-state index contributed by atoms with van der Waals surface area (Å²) in [5, 5.41) is 0. The van der Waals surface area contributed by atoms with Crippen molar-refractivity contribution in [3.8, 4) is 0 Å². The minimum absolute atomic E-state index is 0.0605. The molecule has 0 saturated carbocycles. The summed E-state index contributed by atoms with van der Waals surface area (Å²) < 4.78 is 16.3. The number of hydrogen-bond donors (Lipinski definition) is 0. The zero-order valence-corrected chi connectivity index (χ0v) is 16.4. The molecule has 138 valence electrons. The molecule has 0 atom stereocenters. The van der Waals surface area contributed by atoms with Gasteiger partial charge in [0.2, 0.25) is 0 Å². The maximum absolute atomic E-state index is 13.5. The summed E-state index contributed by atoms with van der Waals surface area (Å²) in [7, 11) is 0. The number of aromatic nitrogens is 1. The fourth-order valence-electron chi connectivity index (χ4n) is 2.95. The summed E-state index contributed by atoms with van der Waals surface area (Å²) in [6, 6.07) is 17.8. The van der Waals surface area contributed by atoms with Gasteiger partial charge in [-0.25, -0.2) is 4.39 Å². The Hall–Kier alpha value is -2.66. The van der Waals surface area contributed by atoms with E-state index in [1.54, 1.807) is 23.1 Å². The number of rotatable bonds is 7. The maximum atomic E-state index is 13.5. The highest BCUT2D eigenvalue weighted by molar-refractivity contribution is 9.10. The van der Waals surface area contributed by atoms with Crippen LogP contribution in [0.2, 0.25) is 0 Å². The molecule has 3 nitrogen and oxygen atoms in total. The molecule has 0 saturated heterocycles. The Balaban J connectivity index is 1.80. The molecule has 0 spiro atoms. The average molecular weight is 427 g/mol. The molecule has 3 rings (SSSR count). The van der Waals surface area contributed by atoms with Crippen LogP contribution < -0.4 is 0 Å². The van der Waals surface area contributed by atoms with Crippen molar-refractivity contribution >= 4 is 21.8 Å². The van der Waals surface area contributed by atoms with E-state index in [0.29, 0.717) is 25.2 Å². The van der Waals surface area contributed by atoms with Crippen LogP contribution in [0.25, 0.3) is 0 Å². The van der Waals surface area contributed by atoms with Gasteiger partial charge in [0.25, 0.3) is 5.91 Å². The van der Waals surface area contributed by atoms with Gasteiger partial charge < -0.3 is 9.47 Å². The molecule has 0 aliphatic heterocycles. The van der Waals surface area contributed by atoms with Gasteiger partial charge in [0, 0.05) is 35.0 Å². The third-order valence-corrected chi connectivity index (χ3v) is 4.72. The second-order valence-electron chi connectivity index (χ2n) is 6.24. The first-order valence-electron chi connectivity index (χ1n) is 8.61. The van der Waals surface area contributed by atoms with Crippen LogP contribution >= 0.6 is 15.9 Å². The highest BCUT2D eigenvalue weighted by Crippen LogP contribution is 2.16. The number of amides is 1. The number of halogens is 2. The molecular formula is C22H20BrFN2O. The van der Waals surface area contributed by atoms with Gasteiger partial charge in [-0.1, -0.05) is 40.2 Å². The van der Waals surface area contributed by atoms with E-state index >= 15 is 0 Å². The predicted octanol–water partition coefficient (Wildman–Crippen LogP) is 5.27. The number of carbonyl (C=O) groups is 1. The lowest BCUT2D eigenvalue weighted by Gasteiger charge is -2.22. The fourth-order valence-corrected chi connectivity index (χ4v) is 3.35. The van der Waals surface area contributed by atoms with Crippen molar-refractivity contribution in [3.05, 3.63) is 107 Å². The Morgan fingerprint density at radius 2 is 1.96 bits per heavy atom. The summed E-state index contributed by atoms with van der Waals surface area (Å²) in [5.74, 6) is -0.311. The molecule has 0 aliphatic rings. The average Bonchev–Trinajstić information content (AvgIpc) is 3.07. The van der Waals surface area contributed by atoms with E-state index < -0.39 is 0 Å². The van der Waals surface area contributed by atoms with Crippen molar-refractivity contribution in [2.75, 3.05) is 6.54 Å². The van der Waals surface area contributed by atoms with Crippen molar-refractivity contribution in [1.82, 2.24) is 9.47 Å². The molecule has 2 aromatic carbocycles.